The second-order valence-electron chi connectivity index (χ2n) is 43.9. The Kier molecular flexibility index (Phi) is 27.8. The average Bonchev–Trinajstić information content (AvgIpc) is 1.59. The Hall–Kier alpha value is -9.06. The molecule has 9 aromatic rings. The van der Waals surface area contributed by atoms with Crippen molar-refractivity contribution in [2.75, 3.05) is 78.5 Å². The van der Waals surface area contributed by atoms with Crippen LogP contribution < -0.4 is 0 Å². The van der Waals surface area contributed by atoms with Crippen LogP contribution in [0.15, 0.2) is 73.6 Å². The maximum absolute atomic E-state index is 15.2. The van der Waals surface area contributed by atoms with Crippen LogP contribution in [0.4, 0.5) is 39.5 Å². The summed E-state index contributed by atoms with van der Waals surface area (Å²) in [5, 5.41) is 14.5. The number of carbonyl (C=O) groups excluding carboxylic acids is 3. The van der Waals surface area contributed by atoms with Crippen LogP contribution in [-0.2, 0) is 82.8 Å². The number of pyridine rings is 3. The molecule has 15 heterocycles. The molecule has 0 bridgehead atoms. The van der Waals surface area contributed by atoms with Crippen molar-refractivity contribution in [2.45, 2.75) is 268 Å². The minimum atomic E-state index is -1.50. The number of piperidine rings is 6. The van der Waals surface area contributed by atoms with E-state index in [-0.39, 0.29) is 51.0 Å². The Morgan fingerprint density at radius 3 is 0.790 bits per heavy atom. The lowest BCUT2D eigenvalue weighted by atomic mass is 9.77. The van der Waals surface area contributed by atoms with E-state index in [1.54, 1.807) is 14.0 Å². The summed E-state index contributed by atoms with van der Waals surface area (Å²) in [6, 6.07) is 12.5. The third-order valence-corrected chi connectivity index (χ3v) is 32.4. The van der Waals surface area contributed by atoms with Crippen LogP contribution >= 0.6 is 34.8 Å². The van der Waals surface area contributed by atoms with Crippen molar-refractivity contribution in [1.82, 2.24) is 88.6 Å². The fourth-order valence-electron chi connectivity index (χ4n) is 23.1. The maximum atomic E-state index is 15.2. The van der Waals surface area contributed by atoms with Crippen LogP contribution in [0.25, 0.3) is 0 Å². The summed E-state index contributed by atoms with van der Waals surface area (Å²) in [5.74, 6) is -13.5. The molecule has 6 saturated heterocycles. The molecule has 9 aliphatic heterocycles. The lowest BCUT2D eigenvalue weighted by Crippen LogP contribution is -2.54. The number of nitrogens with zero attached hydrogens (tertiary/aromatic N) is 18. The molecule has 3 aromatic carbocycles. The van der Waals surface area contributed by atoms with Crippen molar-refractivity contribution in [3.05, 3.63) is 226 Å². The molecule has 0 radical (unpaired) electrons. The van der Waals surface area contributed by atoms with Crippen LogP contribution in [0.3, 0.4) is 0 Å². The average molecular weight is 1980 g/mol. The Morgan fingerprint density at radius 2 is 0.580 bits per heavy atom. The number of carbonyl (C=O) groups is 3. The molecule has 138 heavy (non-hydrogen) atoms. The predicted molar refractivity (Wildman–Crippen MR) is 503 cm³/mol. The number of aryl methyl sites for hydroxylation is 6. The molecule has 3 spiro atoms. The number of halogens is 12. The van der Waals surface area contributed by atoms with Crippen molar-refractivity contribution >= 4 is 52.5 Å². The van der Waals surface area contributed by atoms with Gasteiger partial charge in [-0.25, -0.2) is 54.5 Å². The van der Waals surface area contributed by atoms with Crippen molar-refractivity contribution < 1.29 is 68.1 Å². The molecule has 3 unspecified atom stereocenters. The molecule has 6 fully saturated rings. The summed E-state index contributed by atoms with van der Waals surface area (Å²) >= 11 is 19.8. The van der Waals surface area contributed by atoms with E-state index < -0.39 is 139 Å². The van der Waals surface area contributed by atoms with Gasteiger partial charge >= 0.3 is 0 Å². The van der Waals surface area contributed by atoms with Gasteiger partial charge in [0.05, 0.1) is 83.8 Å². The molecule has 0 aliphatic carbocycles. The van der Waals surface area contributed by atoms with Crippen molar-refractivity contribution in [3.63, 3.8) is 0 Å². The number of amides is 3. The fourth-order valence-corrected chi connectivity index (χ4v) is 23.6. The van der Waals surface area contributed by atoms with Crippen molar-refractivity contribution in [1.29, 1.82) is 0 Å². The van der Waals surface area contributed by atoms with Crippen molar-refractivity contribution in [2.24, 2.45) is 38.9 Å². The van der Waals surface area contributed by atoms with E-state index in [0.717, 1.165) is 69.4 Å². The highest BCUT2D eigenvalue weighted by molar-refractivity contribution is 6.32. The number of benzene rings is 3. The molecule has 6 aromatic heterocycles. The van der Waals surface area contributed by atoms with E-state index in [9.17, 15) is 40.7 Å². The van der Waals surface area contributed by atoms with Gasteiger partial charge in [0.2, 0.25) is 17.7 Å². The maximum Gasteiger partial charge on any atom is 0.226 e. The fraction of sp³-hybridized carbons (Fsp3) is 0.588. The molecule has 36 heteroatoms. The minimum Gasteiger partial charge on any atom is -0.359 e. The van der Waals surface area contributed by atoms with Gasteiger partial charge in [-0.15, -0.1) is 0 Å². The first-order valence-corrected chi connectivity index (χ1v) is 48.9. The van der Waals surface area contributed by atoms with Crippen LogP contribution in [0.2, 0.25) is 15.1 Å². The van der Waals surface area contributed by atoms with Crippen LogP contribution in [0, 0.1) is 90.9 Å². The summed E-state index contributed by atoms with van der Waals surface area (Å²) in [6.45, 7) is 42.0. The molecule has 18 rings (SSSR count). The molecule has 3 amide bonds. The molecule has 744 valence electrons. The minimum absolute atomic E-state index is 0.0399. The van der Waals surface area contributed by atoms with E-state index in [2.05, 4.69) is 149 Å². The van der Waals surface area contributed by atoms with Gasteiger partial charge in [0, 0.05) is 149 Å². The van der Waals surface area contributed by atoms with Gasteiger partial charge < -0.3 is 28.9 Å². The molecule has 9 atom stereocenters. The molecule has 0 saturated carbocycles. The molecule has 9 aliphatic rings. The molecular formula is C102H126Cl3F9N18O6. The standard InChI is InChI=1S/3C34H42ClF3N6O2/c3*1-19-24(35)16-22-28(41-19)34(46-29(22)33(5,6)31-39-18-40-42(31)7)11-14-43(15-12-34)30(45)21-10-13-44(32(2,3)4)17-23(21)20-8-9-25(36)27(38)26(20)37/h3*8-9,16,18,21,23,29H,10-15,17H2,1-7H3/t3*21-,23+,29?/m111/s1. The number of fused-ring (bicyclic) bond motifs is 6. The number of aromatic nitrogens is 12. The van der Waals surface area contributed by atoms with Crippen molar-refractivity contribution in [3.8, 4) is 0 Å². The zero-order valence-electron chi connectivity index (χ0n) is 82.5. The van der Waals surface area contributed by atoms with E-state index in [1.807, 2.05) is 74.8 Å². The first kappa shape index (κ1) is 102. The normalized spacial score (nSPS) is 23.6. The first-order valence-electron chi connectivity index (χ1n) is 47.8. The second-order valence-corrected chi connectivity index (χ2v) is 45.1. The Labute approximate surface area is 816 Å². The van der Waals surface area contributed by atoms with Gasteiger partial charge in [-0.05, 0) is 255 Å². The highest BCUT2D eigenvalue weighted by Gasteiger charge is 2.60. The first-order chi connectivity index (χ1) is 64.6. The van der Waals surface area contributed by atoms with Gasteiger partial charge in [-0.3, -0.25) is 58.1 Å². The zero-order chi connectivity index (χ0) is 100. The molecule has 24 nitrogen and oxygen atoms in total. The highest BCUT2D eigenvalue weighted by Crippen LogP contribution is 2.60. The topological polar surface area (TPSA) is 229 Å². The summed E-state index contributed by atoms with van der Waals surface area (Å²) < 4.78 is 157. The largest absolute Gasteiger partial charge is 0.359 e. The van der Waals surface area contributed by atoms with Crippen LogP contribution in [0.1, 0.15) is 283 Å². The Morgan fingerprint density at radius 1 is 0.348 bits per heavy atom. The smallest absolute Gasteiger partial charge is 0.226 e. The highest BCUT2D eigenvalue weighted by atomic mass is 35.5. The lowest BCUT2D eigenvalue weighted by Gasteiger charge is -2.47. The van der Waals surface area contributed by atoms with Gasteiger partial charge in [-0.2, -0.15) is 15.3 Å². The number of likely N-dealkylation sites (tertiary alicyclic amines) is 6. The Bertz CT molecular complexity index is 5570. The Balaban J connectivity index is 0.000000150. The summed E-state index contributed by atoms with van der Waals surface area (Å²) in [6.07, 6.45) is 7.87. The summed E-state index contributed by atoms with van der Waals surface area (Å²) in [4.78, 5) is 83.1. The van der Waals surface area contributed by atoms with Gasteiger partial charge in [0.15, 0.2) is 52.4 Å². The van der Waals surface area contributed by atoms with Gasteiger partial charge in [0.25, 0.3) is 0 Å². The van der Waals surface area contributed by atoms with Crippen LogP contribution in [-0.4, -0.2) is 202 Å². The quantitative estimate of drug-likeness (QED) is 0.0817. The SMILES string of the molecule is Cc1nc2c(cc1Cl)C(C(C)(C)c1ncnn1C)OC21CCN(C(=O)[C@@H]2CCN(C(C)(C)C)C[C@H]2c2ccc(F)c(F)c2F)CC1.Cc1nc2c(cc1Cl)C(C(C)(C)c1ncnn1C)OC21CCN(C(=O)[C@@H]2CCN(C(C)(C)C)C[C@H]2c2ccc(F)c(F)c2F)CC1.Cc1nc2c(cc1Cl)C(C(C)(C)c1ncnn1C)OC21CCN(C(=O)[C@@H]2CCN(C(C)(C)C)C[C@H]2c2ccc(F)c(F)c2F)CC1. The van der Waals surface area contributed by atoms with E-state index in [4.69, 9.17) is 64.0 Å². The molecule has 0 N–H and O–H groups in total. The number of hydrogen-bond donors (Lipinski definition) is 0. The van der Waals surface area contributed by atoms with Gasteiger partial charge in [0.1, 0.15) is 53.3 Å². The van der Waals surface area contributed by atoms with E-state index in [0.29, 0.717) is 168 Å². The predicted octanol–water partition coefficient (Wildman–Crippen LogP) is 19.1. The molecular weight excluding hydrogens is 1850 g/mol. The summed E-state index contributed by atoms with van der Waals surface area (Å²) in [7, 11) is 5.56. The number of ether oxygens (including phenoxy) is 3. The third kappa shape index (κ3) is 18.5. The summed E-state index contributed by atoms with van der Waals surface area (Å²) in [5.41, 5.74) is 2.85. The van der Waals surface area contributed by atoms with E-state index in [1.165, 1.54) is 37.2 Å². The lowest BCUT2D eigenvalue weighted by molar-refractivity contribution is -0.154. The van der Waals surface area contributed by atoms with Gasteiger partial charge in [-0.1, -0.05) is 53.0 Å². The third-order valence-electron chi connectivity index (χ3n) is 31.2. The van der Waals surface area contributed by atoms with E-state index >= 15 is 13.2 Å². The number of hydrogen-bond acceptors (Lipinski definition) is 18. The zero-order valence-corrected chi connectivity index (χ0v) is 84.8. The van der Waals surface area contributed by atoms with Crippen LogP contribution in [0.5, 0.6) is 0 Å². The monoisotopic (exact) mass is 1970 g/mol. The second kappa shape index (κ2) is 37.7. The number of rotatable bonds is 12.